The number of fused-ring (bicyclic) bond motifs is 3. The zero-order valence-corrected chi connectivity index (χ0v) is 27.7. The molecular weight excluding hydrogens is 546 g/mol. The Labute approximate surface area is 269 Å². The summed E-state index contributed by atoms with van der Waals surface area (Å²) in [6, 6.07) is 21.4. The van der Waals surface area contributed by atoms with Gasteiger partial charge in [0.05, 0.1) is 6.54 Å². The number of amidine groups is 2. The van der Waals surface area contributed by atoms with Crippen LogP contribution in [0, 0.1) is 5.92 Å². The van der Waals surface area contributed by atoms with E-state index in [1.165, 1.54) is 33.4 Å². The maximum atomic E-state index is 5.23. The molecule has 0 saturated carbocycles. The fourth-order valence-electron chi connectivity index (χ4n) is 6.76. The highest BCUT2D eigenvalue weighted by atomic mass is 15.0. The van der Waals surface area contributed by atoms with Crippen molar-refractivity contribution in [2.24, 2.45) is 20.9 Å². The van der Waals surface area contributed by atoms with Crippen molar-refractivity contribution in [1.29, 1.82) is 0 Å². The van der Waals surface area contributed by atoms with E-state index in [-0.39, 0.29) is 11.3 Å². The van der Waals surface area contributed by atoms with Crippen LogP contribution in [0.15, 0.2) is 141 Å². The SMILES string of the molecule is C=C\C=C(C(/C=C\C)=C\C)\C(C)C(N=C(N=C)c1cccc2ccccc12)=NCc1ccc2c(c1)C(C)(C)C1=C2CCC(C)=C1. The maximum Gasteiger partial charge on any atom is 0.161 e. The molecule has 45 heavy (non-hydrogen) atoms. The number of hydrogen-bond acceptors (Lipinski definition) is 1. The number of aliphatic imine (C=N–C) groups is 3. The molecule has 3 nitrogen and oxygen atoms in total. The molecule has 0 heterocycles. The summed E-state index contributed by atoms with van der Waals surface area (Å²) < 4.78 is 0. The summed E-state index contributed by atoms with van der Waals surface area (Å²) in [6.07, 6.45) is 14.9. The molecule has 0 amide bonds. The van der Waals surface area contributed by atoms with Crippen molar-refractivity contribution in [3.8, 4) is 0 Å². The minimum Gasteiger partial charge on any atom is -0.265 e. The van der Waals surface area contributed by atoms with Crippen LogP contribution in [0.25, 0.3) is 16.3 Å². The lowest BCUT2D eigenvalue weighted by Crippen LogP contribution is -2.17. The highest BCUT2D eigenvalue weighted by Gasteiger charge is 2.37. The molecule has 1 atom stereocenters. The third-order valence-corrected chi connectivity index (χ3v) is 9.21. The van der Waals surface area contributed by atoms with E-state index in [1.54, 1.807) is 0 Å². The Kier molecular flexibility index (Phi) is 9.58. The third-order valence-electron chi connectivity index (χ3n) is 9.21. The highest BCUT2D eigenvalue weighted by molar-refractivity contribution is 6.15. The van der Waals surface area contributed by atoms with Crippen molar-refractivity contribution >= 4 is 34.7 Å². The lowest BCUT2D eigenvalue weighted by atomic mass is 9.79. The van der Waals surface area contributed by atoms with Gasteiger partial charge in [0.15, 0.2) is 5.84 Å². The Morgan fingerprint density at radius 3 is 2.53 bits per heavy atom. The van der Waals surface area contributed by atoms with Crippen LogP contribution in [-0.4, -0.2) is 18.4 Å². The van der Waals surface area contributed by atoms with E-state index in [1.807, 2.05) is 31.2 Å². The first-order valence-corrected chi connectivity index (χ1v) is 16.0. The van der Waals surface area contributed by atoms with E-state index >= 15 is 0 Å². The van der Waals surface area contributed by atoms with Crippen LogP contribution in [0.1, 0.15) is 76.6 Å². The zero-order chi connectivity index (χ0) is 32.1. The normalized spacial score (nSPS) is 17.8. The number of hydrogen-bond donors (Lipinski definition) is 0. The predicted molar refractivity (Wildman–Crippen MR) is 197 cm³/mol. The Morgan fingerprint density at radius 2 is 1.80 bits per heavy atom. The molecule has 0 aliphatic heterocycles. The van der Waals surface area contributed by atoms with Crippen molar-refractivity contribution in [1.82, 2.24) is 0 Å². The summed E-state index contributed by atoms with van der Waals surface area (Å²) in [5.74, 6) is 1.15. The summed E-state index contributed by atoms with van der Waals surface area (Å²) in [7, 11) is 0. The van der Waals surface area contributed by atoms with Crippen LogP contribution < -0.4 is 0 Å². The lowest BCUT2D eigenvalue weighted by molar-refractivity contribution is 0.648. The average molecular weight is 592 g/mol. The minimum absolute atomic E-state index is 0.0260. The molecule has 3 heteroatoms. The number of rotatable bonds is 8. The predicted octanol–water partition coefficient (Wildman–Crippen LogP) is 10.9. The van der Waals surface area contributed by atoms with E-state index in [2.05, 4.69) is 126 Å². The van der Waals surface area contributed by atoms with E-state index < -0.39 is 0 Å². The van der Waals surface area contributed by atoms with Crippen LogP contribution in [-0.2, 0) is 12.0 Å². The lowest BCUT2D eigenvalue weighted by Gasteiger charge is -2.25. The first-order chi connectivity index (χ1) is 21.7. The van der Waals surface area contributed by atoms with Crippen molar-refractivity contribution in [3.05, 3.63) is 148 Å². The van der Waals surface area contributed by atoms with Crippen molar-refractivity contribution in [3.63, 3.8) is 0 Å². The molecule has 2 aliphatic carbocycles. The number of benzene rings is 3. The van der Waals surface area contributed by atoms with Crippen LogP contribution in [0.5, 0.6) is 0 Å². The molecule has 0 spiro atoms. The van der Waals surface area contributed by atoms with Crippen LogP contribution >= 0.6 is 0 Å². The van der Waals surface area contributed by atoms with Gasteiger partial charge in [-0.1, -0.05) is 130 Å². The molecule has 3 aromatic rings. The van der Waals surface area contributed by atoms with E-state index in [0.29, 0.717) is 18.2 Å². The Morgan fingerprint density at radius 1 is 1.02 bits per heavy atom. The topological polar surface area (TPSA) is 37.1 Å². The first kappa shape index (κ1) is 31.8. The molecule has 0 radical (unpaired) electrons. The largest absolute Gasteiger partial charge is 0.265 e. The summed E-state index contributed by atoms with van der Waals surface area (Å²) in [5, 5.41) is 2.22. The Bertz CT molecular complexity index is 1860. The van der Waals surface area contributed by atoms with Gasteiger partial charge in [-0.05, 0) is 90.1 Å². The molecule has 5 rings (SSSR count). The Hall–Kier alpha value is -4.63. The van der Waals surface area contributed by atoms with Gasteiger partial charge in [-0.25, -0.2) is 9.98 Å². The molecule has 1 unspecified atom stereocenters. The molecule has 0 fully saturated rings. The molecule has 0 saturated heterocycles. The van der Waals surface area contributed by atoms with Crippen molar-refractivity contribution < 1.29 is 0 Å². The average Bonchev–Trinajstić information content (AvgIpc) is 3.27. The van der Waals surface area contributed by atoms with Gasteiger partial charge in [0.25, 0.3) is 0 Å². The fourth-order valence-corrected chi connectivity index (χ4v) is 6.76. The van der Waals surface area contributed by atoms with Gasteiger partial charge in [0, 0.05) is 16.9 Å². The molecule has 2 aliphatic rings. The summed E-state index contributed by atoms with van der Waals surface area (Å²) >= 11 is 0. The van der Waals surface area contributed by atoms with Gasteiger partial charge in [-0.15, -0.1) is 0 Å². The molecule has 0 bridgehead atoms. The second kappa shape index (κ2) is 13.6. The summed E-state index contributed by atoms with van der Waals surface area (Å²) in [6.45, 7) is 21.7. The standard InChI is InChI=1S/C42H45N3/c1-9-15-31(11-3)33(16-10-2)29(5)40(45-41(43-8)37-20-14-18-32-17-12-13-19-34(32)37)44-27-30-22-24-36-35-23-21-28(4)25-38(35)42(6,7)39(36)26-30/h9-20,22,24-26,29H,2,8,21,23,27H2,1,3-7H3/b15-9-,31-11-,33-16-,44-40?,45-41?. The molecule has 0 N–H and O–H groups in total. The van der Waals surface area contributed by atoms with E-state index in [4.69, 9.17) is 9.98 Å². The van der Waals surface area contributed by atoms with Gasteiger partial charge in [-0.2, -0.15) is 0 Å². The van der Waals surface area contributed by atoms with Gasteiger partial charge in [0.2, 0.25) is 0 Å². The van der Waals surface area contributed by atoms with Gasteiger partial charge in [-0.3, -0.25) is 4.99 Å². The monoisotopic (exact) mass is 591 g/mol. The van der Waals surface area contributed by atoms with Crippen molar-refractivity contribution in [2.75, 3.05) is 0 Å². The molecular formula is C42H45N3. The number of nitrogens with zero attached hydrogens (tertiary/aromatic N) is 3. The molecule has 3 aromatic carbocycles. The molecule has 0 aromatic heterocycles. The first-order valence-electron chi connectivity index (χ1n) is 16.0. The summed E-state index contributed by atoms with van der Waals surface area (Å²) in [4.78, 5) is 14.9. The van der Waals surface area contributed by atoms with Gasteiger partial charge >= 0.3 is 0 Å². The Balaban J connectivity index is 1.60. The van der Waals surface area contributed by atoms with Crippen LogP contribution in [0.3, 0.4) is 0 Å². The van der Waals surface area contributed by atoms with E-state index in [0.717, 1.165) is 40.3 Å². The molecule has 228 valence electrons. The second-order valence-electron chi connectivity index (χ2n) is 12.5. The smallest absolute Gasteiger partial charge is 0.161 e. The van der Waals surface area contributed by atoms with Gasteiger partial charge < -0.3 is 0 Å². The van der Waals surface area contributed by atoms with Gasteiger partial charge in [0.1, 0.15) is 5.84 Å². The third kappa shape index (κ3) is 6.31. The van der Waals surface area contributed by atoms with Crippen molar-refractivity contribution in [2.45, 2.75) is 66.3 Å². The second-order valence-corrected chi connectivity index (χ2v) is 12.5. The zero-order valence-electron chi connectivity index (χ0n) is 27.7. The highest BCUT2D eigenvalue weighted by Crippen LogP contribution is 2.51. The summed E-state index contributed by atoms with van der Waals surface area (Å²) in [5.41, 5.74) is 11.5. The minimum atomic E-state index is -0.120. The number of allylic oxidation sites excluding steroid dienone is 10. The maximum absolute atomic E-state index is 5.23. The quantitative estimate of drug-likeness (QED) is 0.142. The van der Waals surface area contributed by atoms with Crippen LogP contribution in [0.2, 0.25) is 0 Å². The van der Waals surface area contributed by atoms with E-state index in [9.17, 15) is 0 Å². The van der Waals surface area contributed by atoms with Crippen LogP contribution in [0.4, 0.5) is 0 Å². The fraction of sp³-hybridized carbons (Fsp3) is 0.262.